The third-order valence-corrected chi connectivity index (χ3v) is 4.51. The van der Waals surface area contributed by atoms with Crippen LogP contribution in [-0.4, -0.2) is 39.1 Å². The molecule has 0 bridgehead atoms. The largest absolute Gasteiger partial charge is 0.351 e. The summed E-state index contributed by atoms with van der Waals surface area (Å²) < 4.78 is 0. The van der Waals surface area contributed by atoms with Crippen molar-refractivity contribution in [2.24, 2.45) is 0 Å². The maximum atomic E-state index is 12.7. The monoisotopic (exact) mass is 294 g/mol. The van der Waals surface area contributed by atoms with Crippen molar-refractivity contribution in [2.45, 2.75) is 19.3 Å². The van der Waals surface area contributed by atoms with Crippen molar-refractivity contribution in [1.29, 1.82) is 0 Å². The first-order valence-electron chi connectivity index (χ1n) is 7.59. The number of amides is 1. The second-order valence-corrected chi connectivity index (χ2v) is 5.97. The quantitative estimate of drug-likeness (QED) is 0.763. The van der Waals surface area contributed by atoms with Crippen molar-refractivity contribution in [2.75, 3.05) is 13.1 Å². The van der Waals surface area contributed by atoms with E-state index in [-0.39, 0.29) is 5.91 Å². The number of benzene rings is 1. The zero-order valence-corrected chi connectivity index (χ0v) is 12.5. The van der Waals surface area contributed by atoms with Crippen LogP contribution in [0.25, 0.3) is 10.9 Å². The Morgan fingerprint density at radius 3 is 3.00 bits per heavy atom. The topological polar surface area (TPSA) is 64.8 Å². The number of aryl methyl sites for hydroxylation is 1. The molecule has 0 radical (unpaired) electrons. The van der Waals surface area contributed by atoms with Crippen LogP contribution in [0.4, 0.5) is 0 Å². The van der Waals surface area contributed by atoms with Crippen molar-refractivity contribution in [3.8, 4) is 0 Å². The summed E-state index contributed by atoms with van der Waals surface area (Å²) in [6, 6.07) is 9.90. The fourth-order valence-electron chi connectivity index (χ4n) is 3.31. The molecule has 2 N–H and O–H groups in total. The summed E-state index contributed by atoms with van der Waals surface area (Å²) in [7, 11) is 0. The second-order valence-electron chi connectivity index (χ2n) is 5.97. The summed E-state index contributed by atoms with van der Waals surface area (Å²) >= 11 is 0. The van der Waals surface area contributed by atoms with E-state index in [0.29, 0.717) is 11.6 Å². The Balaban J connectivity index is 1.55. The van der Waals surface area contributed by atoms with E-state index in [1.165, 1.54) is 5.56 Å². The molecule has 1 aliphatic rings. The number of likely N-dealkylation sites (tertiary alicyclic amines) is 1. The summed E-state index contributed by atoms with van der Waals surface area (Å²) in [5.41, 5.74) is 4.01. The van der Waals surface area contributed by atoms with Gasteiger partial charge in [0, 0.05) is 35.6 Å². The highest BCUT2D eigenvalue weighted by atomic mass is 16.2. The lowest BCUT2D eigenvalue weighted by molar-refractivity contribution is 0.0786. The first kappa shape index (κ1) is 13.1. The molecule has 22 heavy (non-hydrogen) atoms. The number of para-hydroxylation sites is 1. The molecule has 1 fully saturated rings. The third-order valence-electron chi connectivity index (χ3n) is 4.51. The molecule has 1 atom stereocenters. The van der Waals surface area contributed by atoms with Crippen LogP contribution in [0.5, 0.6) is 0 Å². The van der Waals surface area contributed by atoms with Crippen LogP contribution >= 0.6 is 0 Å². The Morgan fingerprint density at radius 2 is 2.23 bits per heavy atom. The lowest BCUT2D eigenvalue weighted by Gasteiger charge is -2.15. The van der Waals surface area contributed by atoms with Gasteiger partial charge < -0.3 is 9.88 Å². The average molecular weight is 294 g/mol. The molecule has 3 aromatic rings. The molecule has 3 heterocycles. The first-order chi connectivity index (χ1) is 10.7. The van der Waals surface area contributed by atoms with Crippen LogP contribution in [-0.2, 0) is 0 Å². The van der Waals surface area contributed by atoms with E-state index in [1.807, 2.05) is 41.4 Å². The van der Waals surface area contributed by atoms with Gasteiger partial charge in [-0.05, 0) is 31.0 Å². The number of carbonyl (C=O) groups excluding carboxylic acids is 1. The number of rotatable bonds is 2. The number of fused-ring (bicyclic) bond motifs is 1. The highest BCUT2D eigenvalue weighted by molar-refractivity contribution is 5.98. The van der Waals surface area contributed by atoms with Gasteiger partial charge in [0.1, 0.15) is 5.69 Å². The molecule has 2 aromatic heterocycles. The number of carbonyl (C=O) groups is 1. The fourth-order valence-corrected chi connectivity index (χ4v) is 3.31. The molecule has 1 amide bonds. The molecule has 5 heteroatoms. The van der Waals surface area contributed by atoms with Gasteiger partial charge in [0.15, 0.2) is 0 Å². The minimum absolute atomic E-state index is 0.0795. The standard InChI is InChI=1S/C17H18N4O/c1-11-9-18-20-16(11)13-6-7-21(10-13)17(22)15-8-12-4-2-3-5-14(12)19-15/h2-5,8-9,13,19H,6-7,10H2,1H3,(H,18,20)/t13-/m1/s1. The van der Waals surface area contributed by atoms with Crippen LogP contribution in [0.1, 0.15) is 34.1 Å². The summed E-state index contributed by atoms with van der Waals surface area (Å²) in [6.45, 7) is 3.59. The first-order valence-corrected chi connectivity index (χ1v) is 7.59. The Bertz CT molecular complexity index is 799. The zero-order valence-electron chi connectivity index (χ0n) is 12.5. The van der Waals surface area contributed by atoms with Gasteiger partial charge in [0.25, 0.3) is 5.91 Å². The normalized spacial score (nSPS) is 18.2. The summed E-state index contributed by atoms with van der Waals surface area (Å²) in [6.07, 6.45) is 2.83. The SMILES string of the molecule is Cc1cn[nH]c1[C@@H]1CCN(C(=O)c2cc3ccccc3[nH]2)C1. The van der Waals surface area contributed by atoms with Gasteiger partial charge in [0.05, 0.1) is 6.20 Å². The van der Waals surface area contributed by atoms with Gasteiger partial charge in [-0.1, -0.05) is 18.2 Å². The van der Waals surface area contributed by atoms with Gasteiger partial charge >= 0.3 is 0 Å². The molecule has 0 aliphatic carbocycles. The van der Waals surface area contributed by atoms with Crippen LogP contribution in [0.15, 0.2) is 36.5 Å². The van der Waals surface area contributed by atoms with Crippen LogP contribution in [0.2, 0.25) is 0 Å². The minimum Gasteiger partial charge on any atom is -0.351 e. The number of H-pyrrole nitrogens is 2. The minimum atomic E-state index is 0.0795. The second kappa shape index (κ2) is 5.02. The highest BCUT2D eigenvalue weighted by Gasteiger charge is 2.30. The number of aromatic amines is 2. The van der Waals surface area contributed by atoms with Gasteiger partial charge in [-0.25, -0.2) is 0 Å². The maximum Gasteiger partial charge on any atom is 0.270 e. The molecule has 4 rings (SSSR count). The third kappa shape index (κ3) is 2.09. The van der Waals surface area contributed by atoms with Gasteiger partial charge in [0.2, 0.25) is 0 Å². The van der Waals surface area contributed by atoms with Crippen molar-refractivity contribution in [3.05, 3.63) is 53.5 Å². The smallest absolute Gasteiger partial charge is 0.270 e. The van der Waals surface area contributed by atoms with E-state index in [1.54, 1.807) is 0 Å². The predicted molar refractivity (Wildman–Crippen MR) is 84.9 cm³/mol. The van der Waals surface area contributed by atoms with Crippen LogP contribution in [0, 0.1) is 6.92 Å². The van der Waals surface area contributed by atoms with E-state index in [0.717, 1.165) is 36.1 Å². The van der Waals surface area contributed by atoms with E-state index in [2.05, 4.69) is 22.1 Å². The number of hydrogen-bond donors (Lipinski definition) is 2. The Hall–Kier alpha value is -2.56. The number of nitrogens with zero attached hydrogens (tertiary/aromatic N) is 2. The number of aromatic nitrogens is 3. The highest BCUT2D eigenvalue weighted by Crippen LogP contribution is 2.29. The lowest BCUT2D eigenvalue weighted by Crippen LogP contribution is -2.28. The lowest BCUT2D eigenvalue weighted by atomic mass is 10.0. The molecule has 0 spiro atoms. The van der Waals surface area contributed by atoms with E-state index in [9.17, 15) is 4.79 Å². The summed E-state index contributed by atoms with van der Waals surface area (Å²) in [5, 5.41) is 8.24. The van der Waals surface area contributed by atoms with Crippen molar-refractivity contribution in [1.82, 2.24) is 20.1 Å². The van der Waals surface area contributed by atoms with Crippen LogP contribution in [0.3, 0.4) is 0 Å². The number of nitrogens with one attached hydrogen (secondary N) is 2. The maximum absolute atomic E-state index is 12.7. The van der Waals surface area contributed by atoms with E-state index >= 15 is 0 Å². The molecule has 5 nitrogen and oxygen atoms in total. The van der Waals surface area contributed by atoms with E-state index < -0.39 is 0 Å². The van der Waals surface area contributed by atoms with Crippen LogP contribution < -0.4 is 0 Å². The molecule has 0 unspecified atom stereocenters. The van der Waals surface area contributed by atoms with Crippen molar-refractivity contribution >= 4 is 16.8 Å². The van der Waals surface area contributed by atoms with Gasteiger partial charge in [-0.3, -0.25) is 9.89 Å². The molecule has 1 saturated heterocycles. The molecule has 0 saturated carbocycles. The molecular weight excluding hydrogens is 276 g/mol. The van der Waals surface area contributed by atoms with Crippen molar-refractivity contribution < 1.29 is 4.79 Å². The number of hydrogen-bond acceptors (Lipinski definition) is 2. The Morgan fingerprint density at radius 1 is 1.36 bits per heavy atom. The fraction of sp³-hybridized carbons (Fsp3) is 0.294. The van der Waals surface area contributed by atoms with Gasteiger partial charge in [-0.15, -0.1) is 0 Å². The average Bonchev–Trinajstić information content (AvgIpc) is 3.24. The molecule has 1 aliphatic heterocycles. The molecular formula is C17H18N4O. The molecule has 1 aromatic carbocycles. The summed E-state index contributed by atoms with van der Waals surface area (Å²) in [4.78, 5) is 17.8. The molecule has 112 valence electrons. The Kier molecular flexibility index (Phi) is 2.99. The zero-order chi connectivity index (χ0) is 15.1. The Labute approximate surface area is 128 Å². The summed E-state index contributed by atoms with van der Waals surface area (Å²) in [5.74, 6) is 0.437. The predicted octanol–water partition coefficient (Wildman–Crippen LogP) is 2.83. The van der Waals surface area contributed by atoms with E-state index in [4.69, 9.17) is 0 Å². The van der Waals surface area contributed by atoms with Crippen molar-refractivity contribution in [3.63, 3.8) is 0 Å². The van der Waals surface area contributed by atoms with Gasteiger partial charge in [-0.2, -0.15) is 5.10 Å².